The minimum atomic E-state index is -0.535. The van der Waals surface area contributed by atoms with Gasteiger partial charge < -0.3 is 5.32 Å². The van der Waals surface area contributed by atoms with Crippen LogP contribution < -0.4 is 5.32 Å². The third-order valence-electron chi connectivity index (χ3n) is 2.76. The van der Waals surface area contributed by atoms with Crippen LogP contribution in [-0.4, -0.2) is 6.54 Å². The molecule has 19 heavy (non-hydrogen) atoms. The van der Waals surface area contributed by atoms with Gasteiger partial charge in [-0.1, -0.05) is 23.7 Å². The van der Waals surface area contributed by atoms with Gasteiger partial charge in [-0.25, -0.2) is 8.78 Å². The van der Waals surface area contributed by atoms with Gasteiger partial charge in [-0.15, -0.1) is 0 Å². The van der Waals surface area contributed by atoms with Crippen molar-refractivity contribution >= 4 is 11.6 Å². The molecule has 4 heteroatoms. The van der Waals surface area contributed by atoms with Gasteiger partial charge in [-0.2, -0.15) is 0 Å². The predicted molar refractivity (Wildman–Crippen MR) is 73.2 cm³/mol. The van der Waals surface area contributed by atoms with Crippen molar-refractivity contribution in [2.24, 2.45) is 0 Å². The highest BCUT2D eigenvalue weighted by Gasteiger charge is 2.00. The monoisotopic (exact) mass is 281 g/mol. The van der Waals surface area contributed by atoms with Crippen LogP contribution in [0.2, 0.25) is 5.02 Å². The highest BCUT2D eigenvalue weighted by Crippen LogP contribution is 2.10. The number of halogens is 3. The number of hydrogen-bond acceptors (Lipinski definition) is 1. The van der Waals surface area contributed by atoms with E-state index in [1.165, 1.54) is 12.1 Å². The summed E-state index contributed by atoms with van der Waals surface area (Å²) in [5.41, 5.74) is 1.77. The van der Waals surface area contributed by atoms with Crippen LogP contribution in [-0.2, 0) is 13.0 Å². The van der Waals surface area contributed by atoms with Gasteiger partial charge in [0.2, 0.25) is 0 Å². The first-order chi connectivity index (χ1) is 9.13. The average molecular weight is 282 g/mol. The summed E-state index contributed by atoms with van der Waals surface area (Å²) in [6, 6.07) is 11.1. The zero-order chi connectivity index (χ0) is 13.7. The molecule has 1 nitrogen and oxygen atoms in total. The van der Waals surface area contributed by atoms with Crippen molar-refractivity contribution in [2.45, 2.75) is 13.0 Å². The highest BCUT2D eigenvalue weighted by atomic mass is 35.5. The van der Waals surface area contributed by atoms with E-state index >= 15 is 0 Å². The van der Waals surface area contributed by atoms with E-state index in [0.29, 0.717) is 30.1 Å². The van der Waals surface area contributed by atoms with E-state index in [-0.39, 0.29) is 0 Å². The highest BCUT2D eigenvalue weighted by molar-refractivity contribution is 6.30. The summed E-state index contributed by atoms with van der Waals surface area (Å²) in [5, 5.41) is 3.93. The van der Waals surface area contributed by atoms with E-state index in [1.807, 2.05) is 24.3 Å². The quantitative estimate of drug-likeness (QED) is 0.818. The van der Waals surface area contributed by atoms with Crippen LogP contribution in [0.1, 0.15) is 11.1 Å². The summed E-state index contributed by atoms with van der Waals surface area (Å²) in [7, 11) is 0. The first kappa shape index (κ1) is 14.0. The lowest BCUT2D eigenvalue weighted by Gasteiger charge is -2.06. The van der Waals surface area contributed by atoms with Gasteiger partial charge in [0.1, 0.15) is 11.6 Å². The molecule has 0 unspecified atom stereocenters. The normalized spacial score (nSPS) is 10.7. The lowest BCUT2D eigenvalue weighted by atomic mass is 10.1. The maximum Gasteiger partial charge on any atom is 0.126 e. The second-order valence-corrected chi connectivity index (χ2v) is 4.77. The first-order valence-corrected chi connectivity index (χ1v) is 6.41. The topological polar surface area (TPSA) is 12.0 Å². The average Bonchev–Trinajstić information content (AvgIpc) is 2.36. The summed E-state index contributed by atoms with van der Waals surface area (Å²) >= 11 is 5.79. The fourth-order valence-corrected chi connectivity index (χ4v) is 1.95. The van der Waals surface area contributed by atoms with Crippen molar-refractivity contribution in [1.29, 1.82) is 0 Å². The molecule has 1 N–H and O–H groups in total. The molecule has 2 aromatic carbocycles. The molecule has 0 aliphatic rings. The summed E-state index contributed by atoms with van der Waals surface area (Å²) in [6.07, 6.45) is 0.586. The van der Waals surface area contributed by atoms with Crippen molar-refractivity contribution in [1.82, 2.24) is 5.32 Å². The fourth-order valence-electron chi connectivity index (χ4n) is 1.82. The van der Waals surface area contributed by atoms with Crippen LogP contribution >= 0.6 is 11.6 Å². The Bertz CT molecular complexity index is 520. The molecular formula is C15H14ClF2N. The van der Waals surface area contributed by atoms with Gasteiger partial charge in [-0.05, 0) is 48.4 Å². The van der Waals surface area contributed by atoms with Crippen molar-refractivity contribution in [2.75, 3.05) is 6.54 Å². The largest absolute Gasteiger partial charge is 0.312 e. The maximum atomic E-state index is 13.0. The van der Waals surface area contributed by atoms with Crippen LogP contribution in [0.3, 0.4) is 0 Å². The molecule has 0 aliphatic heterocycles. The van der Waals surface area contributed by atoms with Gasteiger partial charge >= 0.3 is 0 Å². The third-order valence-corrected chi connectivity index (χ3v) is 3.01. The van der Waals surface area contributed by atoms with E-state index in [1.54, 1.807) is 0 Å². The molecule has 0 fully saturated rings. The molecule has 0 bridgehead atoms. The Morgan fingerprint density at radius 1 is 0.895 bits per heavy atom. The number of hydrogen-bond donors (Lipinski definition) is 1. The van der Waals surface area contributed by atoms with Crippen molar-refractivity contribution in [3.8, 4) is 0 Å². The Morgan fingerprint density at radius 3 is 2.16 bits per heavy atom. The van der Waals surface area contributed by atoms with E-state index < -0.39 is 11.6 Å². The molecule has 0 spiro atoms. The minimum Gasteiger partial charge on any atom is -0.312 e. The maximum absolute atomic E-state index is 13.0. The van der Waals surface area contributed by atoms with Gasteiger partial charge in [0.25, 0.3) is 0 Å². The fraction of sp³-hybridized carbons (Fsp3) is 0.200. The number of rotatable bonds is 5. The van der Waals surface area contributed by atoms with Gasteiger partial charge in [-0.3, -0.25) is 0 Å². The standard InChI is InChI=1S/C15H14ClF2N/c16-13-3-1-11(2-4-13)10-19-6-5-12-7-14(17)9-15(18)8-12/h1-4,7-9,19H,5-6,10H2. The molecule has 0 radical (unpaired) electrons. The predicted octanol–water partition coefficient (Wildman–Crippen LogP) is 3.95. The molecule has 0 saturated heterocycles. The Labute approximate surface area is 116 Å². The van der Waals surface area contributed by atoms with Gasteiger partial charge in [0.15, 0.2) is 0 Å². The third kappa shape index (κ3) is 4.62. The lowest BCUT2D eigenvalue weighted by Crippen LogP contribution is -2.16. The molecule has 100 valence electrons. The summed E-state index contributed by atoms with van der Waals surface area (Å²) in [5.74, 6) is -1.07. The summed E-state index contributed by atoms with van der Waals surface area (Å²) < 4.78 is 25.9. The zero-order valence-electron chi connectivity index (χ0n) is 10.3. The van der Waals surface area contributed by atoms with E-state index in [0.717, 1.165) is 11.6 Å². The Kier molecular flexibility index (Phi) is 4.88. The number of nitrogens with one attached hydrogen (secondary N) is 1. The minimum absolute atomic E-state index is 0.535. The molecule has 0 atom stereocenters. The molecule has 0 aromatic heterocycles. The van der Waals surface area contributed by atoms with Crippen LogP contribution in [0.5, 0.6) is 0 Å². The summed E-state index contributed by atoms with van der Waals surface area (Å²) in [6.45, 7) is 1.36. The van der Waals surface area contributed by atoms with E-state index in [4.69, 9.17) is 11.6 Å². The Hall–Kier alpha value is -1.45. The van der Waals surface area contributed by atoms with Crippen LogP contribution in [0, 0.1) is 11.6 Å². The molecular weight excluding hydrogens is 268 g/mol. The van der Waals surface area contributed by atoms with Crippen molar-refractivity contribution in [3.63, 3.8) is 0 Å². The first-order valence-electron chi connectivity index (χ1n) is 6.03. The smallest absolute Gasteiger partial charge is 0.126 e. The number of benzene rings is 2. The van der Waals surface area contributed by atoms with E-state index in [9.17, 15) is 8.78 Å². The van der Waals surface area contributed by atoms with Crippen molar-refractivity contribution < 1.29 is 8.78 Å². The van der Waals surface area contributed by atoms with E-state index in [2.05, 4.69) is 5.32 Å². The molecule has 0 amide bonds. The summed E-state index contributed by atoms with van der Waals surface area (Å²) in [4.78, 5) is 0. The van der Waals surface area contributed by atoms with Crippen LogP contribution in [0.25, 0.3) is 0 Å². The lowest BCUT2D eigenvalue weighted by molar-refractivity contribution is 0.577. The SMILES string of the molecule is Fc1cc(F)cc(CCNCc2ccc(Cl)cc2)c1. The molecule has 0 aliphatic carbocycles. The van der Waals surface area contributed by atoms with Crippen molar-refractivity contribution in [3.05, 3.63) is 70.2 Å². The molecule has 2 aromatic rings. The molecule has 2 rings (SSSR count). The van der Waals surface area contributed by atoms with Crippen LogP contribution in [0.15, 0.2) is 42.5 Å². The second-order valence-electron chi connectivity index (χ2n) is 4.33. The van der Waals surface area contributed by atoms with Crippen LogP contribution in [0.4, 0.5) is 8.78 Å². The Balaban J connectivity index is 1.79. The molecule has 0 heterocycles. The Morgan fingerprint density at radius 2 is 1.53 bits per heavy atom. The second kappa shape index (κ2) is 6.64. The van der Waals surface area contributed by atoms with Gasteiger partial charge in [0, 0.05) is 17.6 Å². The zero-order valence-corrected chi connectivity index (χ0v) is 11.1. The van der Waals surface area contributed by atoms with Gasteiger partial charge in [0.05, 0.1) is 0 Å². The molecule has 0 saturated carbocycles.